The minimum absolute atomic E-state index is 0.895. The fourth-order valence-corrected chi connectivity index (χ4v) is 9.43. The Kier molecular flexibility index (Phi) is 12.0. The topological polar surface area (TPSA) is 13.1 Å². The summed E-state index contributed by atoms with van der Waals surface area (Å²) in [5, 5.41) is 5.53. The quantitative estimate of drug-likeness (QED) is 0.0992. The van der Waals surface area contributed by atoms with E-state index in [1.165, 1.54) is 21.9 Å². The van der Waals surface area contributed by atoms with E-state index in [2.05, 4.69) is 254 Å². The largest absolute Gasteiger partial charge is 0.311 e. The predicted molar refractivity (Wildman–Crippen MR) is 299 cm³/mol. The molecule has 0 saturated carbocycles. The van der Waals surface area contributed by atoms with Gasteiger partial charge >= 0.3 is 0 Å². The number of para-hydroxylation sites is 2. The zero-order valence-electron chi connectivity index (χ0n) is 38.6. The monoisotopic (exact) mass is 885 g/mol. The van der Waals surface area contributed by atoms with Crippen LogP contribution in [0.1, 0.15) is 16.7 Å². The number of benzene rings is 8. The molecule has 0 amide bonds. The van der Waals surface area contributed by atoms with Crippen molar-refractivity contribution in [3.05, 3.63) is 291 Å². The van der Waals surface area contributed by atoms with Crippen LogP contribution in [0.2, 0.25) is 0 Å². The van der Waals surface area contributed by atoms with Gasteiger partial charge in [0.25, 0.3) is 0 Å². The first-order chi connectivity index (χ1) is 33.8. The standard InChI is InChI=1S/C66H51N3/c1-7-17-49(9-3)52-29-36-57(37-30-52)68(58-38-31-53(32-39-58)51-19-11-10-12-20-51)56-34-27-50(28-35-56)46(4)25-26-47(5)54-33-44-66-63(45-54)62-22-14-16-24-65(62)69(66)59-42-40-55(41-43-59)67-48(6)60(18-8-2)61-21-13-15-23-64(61)67/h7-45H,1-6H2/b26-25-,49-17+,60-18+. The summed E-state index contributed by atoms with van der Waals surface area (Å²) in [6, 6.07) is 68.7. The van der Waals surface area contributed by atoms with Gasteiger partial charge < -0.3 is 14.0 Å². The molecule has 0 fully saturated rings. The van der Waals surface area contributed by atoms with Crippen LogP contribution >= 0.6 is 0 Å². The van der Waals surface area contributed by atoms with Crippen LogP contribution in [0.25, 0.3) is 84.6 Å². The minimum atomic E-state index is 0.895. The predicted octanol–water partition coefficient (Wildman–Crippen LogP) is 16.3. The van der Waals surface area contributed by atoms with Gasteiger partial charge in [-0.2, -0.15) is 0 Å². The lowest BCUT2D eigenvalue weighted by Crippen LogP contribution is -2.26. The van der Waals surface area contributed by atoms with Gasteiger partial charge in [0.15, 0.2) is 0 Å². The molecule has 0 aliphatic carbocycles. The van der Waals surface area contributed by atoms with Crippen molar-refractivity contribution in [3.63, 3.8) is 0 Å². The maximum atomic E-state index is 4.52. The van der Waals surface area contributed by atoms with Gasteiger partial charge in [0.05, 0.1) is 16.6 Å². The van der Waals surface area contributed by atoms with Gasteiger partial charge in [0.2, 0.25) is 0 Å². The fourth-order valence-electron chi connectivity index (χ4n) is 9.43. The molecule has 0 saturated heterocycles. The van der Waals surface area contributed by atoms with Crippen molar-refractivity contribution < 1.29 is 0 Å². The zero-order chi connectivity index (χ0) is 47.4. The Morgan fingerprint density at radius 2 is 0.928 bits per heavy atom. The Morgan fingerprint density at radius 3 is 1.54 bits per heavy atom. The molecule has 8 aromatic carbocycles. The van der Waals surface area contributed by atoms with Gasteiger partial charge in [0.1, 0.15) is 0 Å². The molecule has 0 aliphatic rings. The molecular weight excluding hydrogens is 835 g/mol. The number of hydrogen-bond acceptors (Lipinski definition) is 1. The molecule has 10 rings (SSSR count). The molecule has 0 radical (unpaired) electrons. The summed E-state index contributed by atoms with van der Waals surface area (Å²) in [4.78, 5) is 2.28. The van der Waals surface area contributed by atoms with Crippen molar-refractivity contribution in [2.45, 2.75) is 0 Å². The van der Waals surface area contributed by atoms with E-state index >= 15 is 0 Å². The van der Waals surface area contributed by atoms with Gasteiger partial charge in [-0.3, -0.25) is 0 Å². The lowest BCUT2D eigenvalue weighted by molar-refractivity contribution is 1.07. The Hall–Kier alpha value is -9.18. The van der Waals surface area contributed by atoms with E-state index in [1.54, 1.807) is 6.08 Å². The van der Waals surface area contributed by atoms with E-state index < -0.39 is 0 Å². The van der Waals surface area contributed by atoms with E-state index in [9.17, 15) is 0 Å². The zero-order valence-corrected chi connectivity index (χ0v) is 38.6. The van der Waals surface area contributed by atoms with Gasteiger partial charge in [-0.15, -0.1) is 0 Å². The van der Waals surface area contributed by atoms with Crippen LogP contribution in [-0.2, 0) is 0 Å². The van der Waals surface area contributed by atoms with E-state index in [0.29, 0.717) is 0 Å². The molecule has 2 heterocycles. The Labute approximate surface area is 404 Å². The number of fused-ring (bicyclic) bond motifs is 4. The number of rotatable bonds is 14. The van der Waals surface area contributed by atoms with Crippen molar-refractivity contribution in [2.75, 3.05) is 4.90 Å². The third-order valence-corrected chi connectivity index (χ3v) is 12.9. The summed E-state index contributed by atoms with van der Waals surface area (Å²) in [6.07, 6.45) is 13.6. The highest BCUT2D eigenvalue weighted by molar-refractivity contribution is 6.10. The third kappa shape index (κ3) is 8.35. The highest BCUT2D eigenvalue weighted by Gasteiger charge is 2.16. The van der Waals surface area contributed by atoms with E-state index in [0.717, 1.165) is 94.4 Å². The van der Waals surface area contributed by atoms with E-state index in [1.807, 2.05) is 30.4 Å². The smallest absolute Gasteiger partial charge is 0.0541 e. The first-order valence-corrected chi connectivity index (χ1v) is 23.1. The molecule has 3 nitrogen and oxygen atoms in total. The number of hydrogen-bond donors (Lipinski definition) is 0. The molecule has 0 bridgehead atoms. The molecule has 0 N–H and O–H groups in total. The van der Waals surface area contributed by atoms with Crippen LogP contribution in [0.3, 0.4) is 0 Å². The number of aromatic nitrogens is 2. The normalized spacial score (nSPS) is 11.9. The second-order valence-corrected chi connectivity index (χ2v) is 17.0. The van der Waals surface area contributed by atoms with Crippen LogP contribution < -0.4 is 15.5 Å². The molecule has 10 aromatic rings. The Bertz CT molecular complexity index is 3780. The highest BCUT2D eigenvalue weighted by atomic mass is 15.1. The van der Waals surface area contributed by atoms with Crippen molar-refractivity contribution in [1.82, 2.24) is 9.13 Å². The first kappa shape index (κ1) is 43.7. The summed E-state index contributed by atoms with van der Waals surface area (Å²) in [5.74, 6) is 0. The van der Waals surface area contributed by atoms with Crippen molar-refractivity contribution in [2.24, 2.45) is 0 Å². The molecule has 0 atom stereocenters. The summed E-state index contributed by atoms with van der Waals surface area (Å²) in [5.41, 5.74) is 17.0. The van der Waals surface area contributed by atoms with Gasteiger partial charge in [-0.05, 0) is 129 Å². The minimum Gasteiger partial charge on any atom is -0.311 e. The lowest BCUT2D eigenvalue weighted by atomic mass is 10.0. The molecule has 0 aliphatic heterocycles. The first-order valence-electron chi connectivity index (χ1n) is 23.1. The Morgan fingerprint density at radius 1 is 0.435 bits per heavy atom. The van der Waals surface area contributed by atoms with E-state index in [4.69, 9.17) is 0 Å². The molecule has 0 spiro atoms. The van der Waals surface area contributed by atoms with Crippen molar-refractivity contribution in [3.8, 4) is 22.5 Å². The molecule has 3 heteroatoms. The molecular formula is C66H51N3. The van der Waals surface area contributed by atoms with Crippen LogP contribution in [0.4, 0.5) is 17.1 Å². The van der Waals surface area contributed by atoms with Gasteiger partial charge in [-0.1, -0.05) is 191 Å². The van der Waals surface area contributed by atoms with Gasteiger partial charge in [0, 0.05) is 55.2 Å². The number of nitrogens with zero attached hydrogens (tertiary/aromatic N) is 3. The summed E-state index contributed by atoms with van der Waals surface area (Å²) >= 11 is 0. The van der Waals surface area contributed by atoms with Crippen LogP contribution in [-0.4, -0.2) is 9.13 Å². The second kappa shape index (κ2) is 19.0. The average molecular weight is 886 g/mol. The molecule has 330 valence electrons. The molecule has 69 heavy (non-hydrogen) atoms. The lowest BCUT2D eigenvalue weighted by Gasteiger charge is -2.26. The maximum absolute atomic E-state index is 4.52. The summed E-state index contributed by atoms with van der Waals surface area (Å²) in [6.45, 7) is 25.3. The highest BCUT2D eigenvalue weighted by Crippen LogP contribution is 2.38. The SMILES string of the molecule is C=C/C=c1\c(=C)n(-c2ccc(-n3c4ccccc4c4cc(C(=C)/C=C\C(=C)c5ccc(N(c6ccc(/C(C=C)=C/C=C)cc6)c6ccc(-c7ccccc7)cc6)cc5)ccc43)cc2)c2ccccc12. The van der Waals surface area contributed by atoms with Crippen molar-refractivity contribution in [1.29, 1.82) is 0 Å². The maximum Gasteiger partial charge on any atom is 0.0541 e. The fraction of sp³-hybridized carbons (Fsp3) is 0. The molecule has 0 unspecified atom stereocenters. The second-order valence-electron chi connectivity index (χ2n) is 17.0. The molecule has 2 aromatic heterocycles. The van der Waals surface area contributed by atoms with Crippen LogP contribution in [0.15, 0.2) is 263 Å². The third-order valence-electron chi connectivity index (χ3n) is 12.9. The number of anilines is 3. The Balaban J connectivity index is 0.911. The van der Waals surface area contributed by atoms with Crippen molar-refractivity contribution >= 4 is 79.1 Å². The average Bonchev–Trinajstić information content (AvgIpc) is 3.88. The number of allylic oxidation sites excluding steroid dienone is 9. The van der Waals surface area contributed by atoms with E-state index in [-0.39, 0.29) is 0 Å². The van der Waals surface area contributed by atoms with Crippen LogP contribution in [0.5, 0.6) is 0 Å². The van der Waals surface area contributed by atoms with Crippen LogP contribution in [0, 0.1) is 0 Å². The van der Waals surface area contributed by atoms with Gasteiger partial charge in [-0.25, -0.2) is 0 Å². The summed E-state index contributed by atoms with van der Waals surface area (Å²) < 4.78 is 4.56. The summed E-state index contributed by atoms with van der Waals surface area (Å²) in [7, 11) is 0.